The molecule has 1 fully saturated rings. The Morgan fingerprint density at radius 3 is 2.57 bits per heavy atom. The summed E-state index contributed by atoms with van der Waals surface area (Å²) < 4.78 is 18.6. The highest BCUT2D eigenvalue weighted by Gasteiger charge is 2.32. The summed E-state index contributed by atoms with van der Waals surface area (Å²) in [5, 5.41) is 11.4. The fourth-order valence-corrected chi connectivity index (χ4v) is 3.73. The van der Waals surface area contributed by atoms with Crippen molar-refractivity contribution in [2.75, 3.05) is 19.7 Å². The summed E-state index contributed by atoms with van der Waals surface area (Å²) in [5.74, 6) is -0.495. The Labute approximate surface area is 179 Å². The standard InChI is InChI=1S/C21H23ClFN3O4/c1-14-11-25(15(2)10-24(14)12-16-3-6-18(23)7-4-16)21(27)13-30-20-8-5-17(22)9-19(20)26(28)29/h3-9,14-15H,10-13H2,1-2H3. The van der Waals surface area contributed by atoms with Gasteiger partial charge in [-0.1, -0.05) is 23.7 Å². The van der Waals surface area contributed by atoms with Crippen LogP contribution in [0.1, 0.15) is 19.4 Å². The molecule has 0 bridgehead atoms. The van der Waals surface area contributed by atoms with E-state index in [-0.39, 0.29) is 46.9 Å². The zero-order chi connectivity index (χ0) is 21.8. The molecule has 2 aromatic rings. The first-order valence-corrected chi connectivity index (χ1v) is 9.97. The first-order chi connectivity index (χ1) is 14.2. The summed E-state index contributed by atoms with van der Waals surface area (Å²) in [6.07, 6.45) is 0. The lowest BCUT2D eigenvalue weighted by Gasteiger charge is -2.44. The molecule has 0 aliphatic carbocycles. The Morgan fingerprint density at radius 2 is 1.90 bits per heavy atom. The van der Waals surface area contributed by atoms with Gasteiger partial charge < -0.3 is 9.64 Å². The molecule has 1 heterocycles. The van der Waals surface area contributed by atoms with Gasteiger partial charge in [0, 0.05) is 42.8 Å². The van der Waals surface area contributed by atoms with Crippen LogP contribution in [0.2, 0.25) is 5.02 Å². The highest BCUT2D eigenvalue weighted by molar-refractivity contribution is 6.30. The maximum atomic E-state index is 13.1. The van der Waals surface area contributed by atoms with Crippen LogP contribution >= 0.6 is 11.6 Å². The van der Waals surface area contributed by atoms with Gasteiger partial charge in [-0.15, -0.1) is 0 Å². The summed E-state index contributed by atoms with van der Waals surface area (Å²) in [7, 11) is 0. The molecule has 7 nitrogen and oxygen atoms in total. The van der Waals surface area contributed by atoms with Crippen molar-refractivity contribution < 1.29 is 18.8 Å². The molecular weight excluding hydrogens is 413 g/mol. The molecule has 1 amide bonds. The normalized spacial score (nSPS) is 19.5. The second-order valence-electron chi connectivity index (χ2n) is 7.46. The first-order valence-electron chi connectivity index (χ1n) is 9.59. The van der Waals surface area contributed by atoms with Crippen molar-refractivity contribution in [3.8, 4) is 5.75 Å². The van der Waals surface area contributed by atoms with Gasteiger partial charge in [0.05, 0.1) is 4.92 Å². The van der Waals surface area contributed by atoms with Crippen LogP contribution in [-0.2, 0) is 11.3 Å². The first kappa shape index (κ1) is 22.0. The number of nitro groups is 1. The summed E-state index contributed by atoms with van der Waals surface area (Å²) >= 11 is 5.80. The van der Waals surface area contributed by atoms with E-state index in [2.05, 4.69) is 4.90 Å². The van der Waals surface area contributed by atoms with E-state index in [1.807, 2.05) is 13.8 Å². The number of nitrogens with zero attached hydrogens (tertiary/aromatic N) is 3. The van der Waals surface area contributed by atoms with E-state index in [1.165, 1.54) is 30.3 Å². The van der Waals surface area contributed by atoms with Crippen molar-refractivity contribution in [3.63, 3.8) is 0 Å². The van der Waals surface area contributed by atoms with Crippen LogP contribution in [0.4, 0.5) is 10.1 Å². The predicted octanol–water partition coefficient (Wildman–Crippen LogP) is 3.89. The van der Waals surface area contributed by atoms with Gasteiger partial charge in [0.15, 0.2) is 12.4 Å². The van der Waals surface area contributed by atoms with Crippen LogP contribution in [0.5, 0.6) is 5.75 Å². The smallest absolute Gasteiger partial charge is 0.312 e. The fraction of sp³-hybridized carbons (Fsp3) is 0.381. The second-order valence-corrected chi connectivity index (χ2v) is 7.89. The Kier molecular flexibility index (Phi) is 6.89. The topological polar surface area (TPSA) is 75.9 Å². The van der Waals surface area contributed by atoms with Crippen molar-refractivity contribution in [2.24, 2.45) is 0 Å². The van der Waals surface area contributed by atoms with Gasteiger partial charge in [-0.25, -0.2) is 4.39 Å². The summed E-state index contributed by atoms with van der Waals surface area (Å²) in [4.78, 5) is 27.3. The lowest BCUT2D eigenvalue weighted by Crippen LogP contribution is -2.58. The molecular formula is C21H23ClFN3O4. The maximum absolute atomic E-state index is 13.1. The van der Waals surface area contributed by atoms with Crippen LogP contribution in [0.15, 0.2) is 42.5 Å². The Balaban J connectivity index is 1.60. The third-order valence-electron chi connectivity index (χ3n) is 5.20. The number of rotatable bonds is 6. The molecule has 2 aromatic carbocycles. The number of benzene rings is 2. The van der Waals surface area contributed by atoms with Crippen LogP contribution in [0.3, 0.4) is 0 Å². The number of piperazine rings is 1. The van der Waals surface area contributed by atoms with Gasteiger partial charge in [0.25, 0.3) is 5.91 Å². The maximum Gasteiger partial charge on any atom is 0.312 e. The molecule has 2 atom stereocenters. The van der Waals surface area contributed by atoms with E-state index >= 15 is 0 Å². The van der Waals surface area contributed by atoms with Gasteiger partial charge in [0.1, 0.15) is 5.82 Å². The number of halogens is 2. The van der Waals surface area contributed by atoms with E-state index in [1.54, 1.807) is 17.0 Å². The van der Waals surface area contributed by atoms with Crippen molar-refractivity contribution in [1.29, 1.82) is 0 Å². The van der Waals surface area contributed by atoms with Crippen LogP contribution < -0.4 is 4.74 Å². The van der Waals surface area contributed by atoms with Gasteiger partial charge in [-0.2, -0.15) is 0 Å². The predicted molar refractivity (Wildman–Crippen MR) is 111 cm³/mol. The third kappa shape index (κ3) is 5.25. The van der Waals surface area contributed by atoms with Crippen LogP contribution in [0, 0.1) is 15.9 Å². The van der Waals surface area contributed by atoms with E-state index in [4.69, 9.17) is 16.3 Å². The molecule has 0 radical (unpaired) electrons. The summed E-state index contributed by atoms with van der Waals surface area (Å²) in [6, 6.07) is 10.5. The second kappa shape index (κ2) is 9.40. The average Bonchev–Trinajstić information content (AvgIpc) is 2.70. The fourth-order valence-electron chi connectivity index (χ4n) is 3.57. The number of carbonyl (C=O) groups excluding carboxylic acids is 1. The highest BCUT2D eigenvalue weighted by Crippen LogP contribution is 2.30. The van der Waals surface area contributed by atoms with Crippen molar-refractivity contribution >= 4 is 23.2 Å². The lowest BCUT2D eigenvalue weighted by atomic mass is 10.1. The minimum Gasteiger partial charge on any atom is -0.477 e. The summed E-state index contributed by atoms with van der Waals surface area (Å²) in [5.41, 5.74) is 0.731. The van der Waals surface area contributed by atoms with Crippen molar-refractivity contribution in [2.45, 2.75) is 32.5 Å². The van der Waals surface area contributed by atoms with E-state index in [0.717, 1.165) is 5.56 Å². The Morgan fingerprint density at radius 1 is 1.20 bits per heavy atom. The molecule has 160 valence electrons. The Bertz CT molecular complexity index is 925. The largest absolute Gasteiger partial charge is 0.477 e. The third-order valence-corrected chi connectivity index (χ3v) is 5.44. The van der Waals surface area contributed by atoms with Crippen LogP contribution in [0.25, 0.3) is 0 Å². The summed E-state index contributed by atoms with van der Waals surface area (Å²) in [6.45, 7) is 5.52. The molecule has 0 aromatic heterocycles. The van der Waals surface area contributed by atoms with Crippen LogP contribution in [-0.4, -0.2) is 52.4 Å². The molecule has 0 N–H and O–H groups in total. The molecule has 2 unspecified atom stereocenters. The molecule has 30 heavy (non-hydrogen) atoms. The number of hydrogen-bond acceptors (Lipinski definition) is 5. The molecule has 0 saturated carbocycles. The van der Waals surface area contributed by atoms with Crippen molar-refractivity contribution in [3.05, 3.63) is 69.0 Å². The zero-order valence-corrected chi connectivity index (χ0v) is 17.5. The number of ether oxygens (including phenoxy) is 1. The minimum atomic E-state index is -0.593. The number of hydrogen-bond donors (Lipinski definition) is 0. The highest BCUT2D eigenvalue weighted by atomic mass is 35.5. The average molecular weight is 436 g/mol. The number of nitro benzene ring substituents is 1. The quantitative estimate of drug-likeness (QED) is 0.508. The van der Waals surface area contributed by atoms with Gasteiger partial charge >= 0.3 is 5.69 Å². The minimum absolute atomic E-state index is 0.00778. The molecule has 0 spiro atoms. The number of amides is 1. The SMILES string of the molecule is CC1CN(C(=O)COc2ccc(Cl)cc2[N+](=O)[O-])C(C)CN1Cc1ccc(F)cc1. The van der Waals surface area contributed by atoms with E-state index < -0.39 is 4.92 Å². The Hall–Kier alpha value is -2.71. The lowest BCUT2D eigenvalue weighted by molar-refractivity contribution is -0.385. The molecule has 1 aliphatic rings. The molecule has 1 aliphatic heterocycles. The van der Waals surface area contributed by atoms with Gasteiger partial charge in [-0.05, 0) is 43.7 Å². The van der Waals surface area contributed by atoms with E-state index in [9.17, 15) is 19.3 Å². The monoisotopic (exact) mass is 435 g/mol. The van der Waals surface area contributed by atoms with Crippen molar-refractivity contribution in [1.82, 2.24) is 9.80 Å². The van der Waals surface area contributed by atoms with Gasteiger partial charge in [0.2, 0.25) is 0 Å². The number of carbonyl (C=O) groups is 1. The molecule has 1 saturated heterocycles. The zero-order valence-electron chi connectivity index (χ0n) is 16.8. The molecule has 9 heteroatoms. The molecule has 3 rings (SSSR count). The van der Waals surface area contributed by atoms with Gasteiger partial charge in [-0.3, -0.25) is 19.8 Å². The van der Waals surface area contributed by atoms with E-state index in [0.29, 0.717) is 19.6 Å².